The second kappa shape index (κ2) is 6.24. The van der Waals surface area contributed by atoms with Gasteiger partial charge in [-0.25, -0.2) is 4.98 Å². The fourth-order valence-corrected chi connectivity index (χ4v) is 3.08. The first-order valence-electron chi connectivity index (χ1n) is 6.64. The van der Waals surface area contributed by atoms with Gasteiger partial charge in [-0.05, 0) is 24.6 Å². The summed E-state index contributed by atoms with van der Waals surface area (Å²) in [5, 5.41) is 9.26. The molecule has 0 aliphatic rings. The maximum atomic E-state index is 12.0. The summed E-state index contributed by atoms with van der Waals surface area (Å²) >= 11 is 13.3. The van der Waals surface area contributed by atoms with Gasteiger partial charge in [0.2, 0.25) is 4.96 Å². The molecule has 114 valence electrons. The van der Waals surface area contributed by atoms with Crippen LogP contribution in [0.4, 0.5) is 5.69 Å². The lowest BCUT2D eigenvalue weighted by Crippen LogP contribution is -2.16. The van der Waals surface area contributed by atoms with Crippen LogP contribution in [0.1, 0.15) is 17.6 Å². The average Bonchev–Trinajstić information content (AvgIpc) is 2.92. The molecule has 0 saturated heterocycles. The van der Waals surface area contributed by atoms with Gasteiger partial charge in [-0.1, -0.05) is 41.5 Å². The number of anilines is 1. The van der Waals surface area contributed by atoms with Crippen molar-refractivity contribution < 1.29 is 0 Å². The first-order valence-corrected chi connectivity index (χ1v) is 8.21. The zero-order valence-electron chi connectivity index (χ0n) is 11.6. The quantitative estimate of drug-likeness (QED) is 0.776. The molecule has 8 heteroatoms. The summed E-state index contributed by atoms with van der Waals surface area (Å²) in [5.74, 6) is 0. The third kappa shape index (κ3) is 3.09. The standard InChI is InChI=1S/C14H12Cl2N4OS/c1-2-12-19-20-13(21)6-9(18-14(20)22-12)7-17-8-3-4-10(15)11(16)5-8/h3-6,17H,2,7H2,1H3. The Morgan fingerprint density at radius 2 is 2.09 bits per heavy atom. The molecular formula is C14H12Cl2N4OS. The second-order valence-electron chi connectivity index (χ2n) is 4.61. The molecule has 0 saturated carbocycles. The molecular weight excluding hydrogens is 343 g/mol. The summed E-state index contributed by atoms with van der Waals surface area (Å²) in [7, 11) is 0. The van der Waals surface area contributed by atoms with Crippen LogP contribution in [-0.4, -0.2) is 14.6 Å². The van der Waals surface area contributed by atoms with E-state index in [0.717, 1.165) is 17.1 Å². The fraction of sp³-hybridized carbons (Fsp3) is 0.214. The van der Waals surface area contributed by atoms with E-state index in [9.17, 15) is 4.79 Å². The van der Waals surface area contributed by atoms with Crippen molar-refractivity contribution in [2.45, 2.75) is 19.9 Å². The summed E-state index contributed by atoms with van der Waals surface area (Å²) in [4.78, 5) is 17.1. The van der Waals surface area contributed by atoms with Crippen molar-refractivity contribution in [2.75, 3.05) is 5.32 Å². The second-order valence-corrected chi connectivity index (χ2v) is 6.47. The maximum absolute atomic E-state index is 12.0. The molecule has 0 aliphatic carbocycles. The van der Waals surface area contributed by atoms with Crippen LogP contribution in [0.2, 0.25) is 10.0 Å². The first kappa shape index (κ1) is 15.3. The van der Waals surface area contributed by atoms with E-state index < -0.39 is 0 Å². The summed E-state index contributed by atoms with van der Waals surface area (Å²) < 4.78 is 1.34. The molecule has 0 bridgehead atoms. The molecule has 0 fully saturated rings. The number of aryl methyl sites for hydroxylation is 1. The molecule has 0 unspecified atom stereocenters. The Kier molecular flexibility index (Phi) is 4.33. The van der Waals surface area contributed by atoms with Crippen LogP contribution >= 0.6 is 34.5 Å². The van der Waals surface area contributed by atoms with Gasteiger partial charge < -0.3 is 5.32 Å². The Hall–Kier alpha value is -1.63. The average molecular weight is 355 g/mol. The van der Waals surface area contributed by atoms with Crippen LogP contribution in [0.5, 0.6) is 0 Å². The van der Waals surface area contributed by atoms with Crippen molar-refractivity contribution in [1.82, 2.24) is 14.6 Å². The highest BCUT2D eigenvalue weighted by Crippen LogP contribution is 2.25. The normalized spacial score (nSPS) is 11.0. The SMILES string of the molecule is CCc1nn2c(=O)cc(CNc3ccc(Cl)c(Cl)c3)nc2s1. The van der Waals surface area contributed by atoms with E-state index in [-0.39, 0.29) is 5.56 Å². The van der Waals surface area contributed by atoms with Gasteiger partial charge in [0.05, 0.1) is 22.3 Å². The highest BCUT2D eigenvalue weighted by atomic mass is 35.5. The molecule has 0 atom stereocenters. The maximum Gasteiger partial charge on any atom is 0.275 e. The number of benzene rings is 1. The van der Waals surface area contributed by atoms with Gasteiger partial charge in [0.25, 0.3) is 5.56 Å². The summed E-state index contributed by atoms with van der Waals surface area (Å²) in [6.45, 7) is 2.42. The Balaban J connectivity index is 1.84. The van der Waals surface area contributed by atoms with Crippen molar-refractivity contribution in [3.05, 3.63) is 55.4 Å². The molecule has 0 spiro atoms. The van der Waals surface area contributed by atoms with Crippen molar-refractivity contribution in [3.8, 4) is 0 Å². The molecule has 2 heterocycles. The van der Waals surface area contributed by atoms with Gasteiger partial charge in [-0.2, -0.15) is 9.61 Å². The van der Waals surface area contributed by atoms with Gasteiger partial charge >= 0.3 is 0 Å². The number of hydrogen-bond donors (Lipinski definition) is 1. The lowest BCUT2D eigenvalue weighted by atomic mass is 10.3. The van der Waals surface area contributed by atoms with Crippen LogP contribution in [0, 0.1) is 0 Å². The number of nitrogens with one attached hydrogen (secondary N) is 1. The zero-order chi connectivity index (χ0) is 15.7. The Morgan fingerprint density at radius 3 is 2.82 bits per heavy atom. The molecule has 5 nitrogen and oxygen atoms in total. The summed E-state index contributed by atoms with van der Waals surface area (Å²) in [6.07, 6.45) is 0.782. The smallest absolute Gasteiger partial charge is 0.275 e. The van der Waals surface area contributed by atoms with Crippen LogP contribution in [0.3, 0.4) is 0 Å². The summed E-state index contributed by atoms with van der Waals surface area (Å²) in [6, 6.07) is 6.75. The summed E-state index contributed by atoms with van der Waals surface area (Å²) in [5.41, 5.74) is 1.30. The van der Waals surface area contributed by atoms with Crippen LogP contribution in [0.15, 0.2) is 29.1 Å². The van der Waals surface area contributed by atoms with Crippen LogP contribution in [-0.2, 0) is 13.0 Å². The molecule has 3 aromatic rings. The highest BCUT2D eigenvalue weighted by molar-refractivity contribution is 7.16. The minimum Gasteiger partial charge on any atom is -0.379 e. The minimum atomic E-state index is -0.174. The van der Waals surface area contributed by atoms with Crippen LogP contribution < -0.4 is 10.9 Å². The molecule has 0 aliphatic heterocycles. The van der Waals surface area contributed by atoms with Gasteiger partial charge in [-0.3, -0.25) is 4.79 Å². The van der Waals surface area contributed by atoms with Crippen molar-refractivity contribution in [3.63, 3.8) is 0 Å². The van der Waals surface area contributed by atoms with Gasteiger partial charge in [0, 0.05) is 11.8 Å². The fourth-order valence-electron chi connectivity index (χ4n) is 1.93. The number of halogens is 2. The predicted molar refractivity (Wildman–Crippen MR) is 90.3 cm³/mol. The van der Waals surface area contributed by atoms with Crippen LogP contribution in [0.25, 0.3) is 4.96 Å². The van der Waals surface area contributed by atoms with E-state index in [4.69, 9.17) is 23.2 Å². The monoisotopic (exact) mass is 354 g/mol. The van der Waals surface area contributed by atoms with Gasteiger partial charge in [0.1, 0.15) is 5.01 Å². The Morgan fingerprint density at radius 1 is 1.27 bits per heavy atom. The lowest BCUT2D eigenvalue weighted by Gasteiger charge is -2.06. The van der Waals surface area contributed by atoms with Gasteiger partial charge in [0.15, 0.2) is 0 Å². The minimum absolute atomic E-state index is 0.174. The zero-order valence-corrected chi connectivity index (χ0v) is 14.0. The van der Waals surface area contributed by atoms with Crippen molar-refractivity contribution >= 4 is 45.2 Å². The van der Waals surface area contributed by atoms with E-state index in [1.54, 1.807) is 12.1 Å². The van der Waals surface area contributed by atoms with Crippen molar-refractivity contribution in [1.29, 1.82) is 0 Å². The Bertz CT molecular complexity index is 890. The molecule has 0 radical (unpaired) electrons. The van der Waals surface area contributed by atoms with Gasteiger partial charge in [-0.15, -0.1) is 0 Å². The third-order valence-electron chi connectivity index (χ3n) is 3.04. The highest BCUT2D eigenvalue weighted by Gasteiger charge is 2.08. The lowest BCUT2D eigenvalue weighted by molar-refractivity contribution is 0.846. The number of hydrogen-bond acceptors (Lipinski definition) is 5. The number of fused-ring (bicyclic) bond motifs is 1. The Labute approximate surface area is 140 Å². The van der Waals surface area contributed by atoms with Crippen molar-refractivity contribution in [2.24, 2.45) is 0 Å². The largest absolute Gasteiger partial charge is 0.379 e. The molecule has 2 aromatic heterocycles. The van der Waals surface area contributed by atoms with E-state index in [2.05, 4.69) is 15.4 Å². The molecule has 3 rings (SSSR count). The number of rotatable bonds is 4. The number of aromatic nitrogens is 3. The first-order chi connectivity index (χ1) is 10.6. The third-order valence-corrected chi connectivity index (χ3v) is 4.83. The molecule has 1 N–H and O–H groups in total. The van der Waals surface area contributed by atoms with E-state index >= 15 is 0 Å². The molecule has 1 aromatic carbocycles. The molecule has 22 heavy (non-hydrogen) atoms. The number of nitrogens with zero attached hydrogens (tertiary/aromatic N) is 3. The topological polar surface area (TPSA) is 59.3 Å². The molecule has 0 amide bonds. The van der Waals surface area contributed by atoms with E-state index in [1.807, 2.05) is 13.0 Å². The predicted octanol–water partition coefficient (Wildman–Crippen LogP) is 3.63. The van der Waals surface area contributed by atoms with E-state index in [0.29, 0.717) is 27.2 Å². The van der Waals surface area contributed by atoms with E-state index in [1.165, 1.54) is 21.9 Å².